The van der Waals surface area contributed by atoms with Gasteiger partial charge in [0.1, 0.15) is 17.8 Å². The van der Waals surface area contributed by atoms with Gasteiger partial charge in [-0.3, -0.25) is 4.40 Å². The summed E-state index contributed by atoms with van der Waals surface area (Å²) in [5.74, 6) is 1.90. The van der Waals surface area contributed by atoms with Gasteiger partial charge in [-0.05, 0) is 30.3 Å². The zero-order valence-electron chi connectivity index (χ0n) is 13.5. The molecular weight excluding hydrogens is 342 g/mol. The fourth-order valence-corrected chi connectivity index (χ4v) is 2.81. The van der Waals surface area contributed by atoms with Gasteiger partial charge in [-0.25, -0.2) is 4.98 Å². The quantitative estimate of drug-likeness (QED) is 0.601. The number of nitrogens with zero attached hydrogens (tertiary/aromatic N) is 4. The van der Waals surface area contributed by atoms with E-state index in [0.29, 0.717) is 28.0 Å². The van der Waals surface area contributed by atoms with Crippen LogP contribution in [0.3, 0.4) is 0 Å². The van der Waals surface area contributed by atoms with Crippen LogP contribution in [0.15, 0.2) is 42.7 Å². The summed E-state index contributed by atoms with van der Waals surface area (Å²) in [6.45, 7) is 0. The third kappa shape index (κ3) is 2.68. The van der Waals surface area contributed by atoms with Crippen LogP contribution in [0.25, 0.3) is 16.7 Å². The number of aromatic nitrogens is 4. The van der Waals surface area contributed by atoms with E-state index in [4.69, 9.17) is 21.1 Å². The molecule has 0 bridgehead atoms. The molecule has 2 aromatic carbocycles. The molecule has 7 nitrogen and oxygen atoms in total. The lowest BCUT2D eigenvalue weighted by Gasteiger charge is -2.13. The Morgan fingerprint density at radius 1 is 1.08 bits per heavy atom. The van der Waals surface area contributed by atoms with Gasteiger partial charge in [0.25, 0.3) is 0 Å². The standard InChI is InChI=1S/C17H14ClN5O2/c1-24-11-4-6-13(15(8-11)25-2)21-16-17-22-19-9-23(17)14-7-10(18)3-5-12(14)20-16/h3-9H,1-2H3,(H,20,21). The third-order valence-corrected chi connectivity index (χ3v) is 4.09. The van der Waals surface area contributed by atoms with Crippen molar-refractivity contribution >= 4 is 39.8 Å². The van der Waals surface area contributed by atoms with Crippen LogP contribution in [0.2, 0.25) is 5.02 Å². The van der Waals surface area contributed by atoms with Crippen molar-refractivity contribution in [3.8, 4) is 11.5 Å². The van der Waals surface area contributed by atoms with E-state index >= 15 is 0 Å². The predicted molar refractivity (Wildman–Crippen MR) is 96.1 cm³/mol. The fraction of sp³-hybridized carbons (Fsp3) is 0.118. The lowest BCUT2D eigenvalue weighted by atomic mass is 10.2. The first kappa shape index (κ1) is 15.5. The van der Waals surface area contributed by atoms with E-state index in [9.17, 15) is 0 Å². The Labute approximate surface area is 148 Å². The third-order valence-electron chi connectivity index (χ3n) is 3.85. The molecule has 126 valence electrons. The van der Waals surface area contributed by atoms with E-state index in [1.807, 2.05) is 28.7 Å². The summed E-state index contributed by atoms with van der Waals surface area (Å²) in [4.78, 5) is 4.65. The number of ether oxygens (including phenoxy) is 2. The van der Waals surface area contributed by atoms with Crippen LogP contribution < -0.4 is 14.8 Å². The first-order chi connectivity index (χ1) is 12.2. The van der Waals surface area contributed by atoms with Gasteiger partial charge in [0.15, 0.2) is 5.82 Å². The van der Waals surface area contributed by atoms with Crippen LogP contribution in [0.1, 0.15) is 0 Å². The molecule has 0 saturated carbocycles. The summed E-state index contributed by atoms with van der Waals surface area (Å²) in [6.07, 6.45) is 1.63. The molecule has 25 heavy (non-hydrogen) atoms. The molecule has 0 radical (unpaired) electrons. The molecule has 0 saturated heterocycles. The van der Waals surface area contributed by atoms with Gasteiger partial charge in [-0.1, -0.05) is 11.6 Å². The minimum Gasteiger partial charge on any atom is -0.497 e. The molecule has 4 rings (SSSR count). The average molecular weight is 356 g/mol. The number of anilines is 2. The molecule has 0 aliphatic rings. The maximum Gasteiger partial charge on any atom is 0.204 e. The summed E-state index contributed by atoms with van der Waals surface area (Å²) < 4.78 is 12.5. The highest BCUT2D eigenvalue weighted by Gasteiger charge is 2.13. The van der Waals surface area contributed by atoms with Crippen LogP contribution in [0.5, 0.6) is 11.5 Å². The van der Waals surface area contributed by atoms with Crippen molar-refractivity contribution in [1.82, 2.24) is 19.6 Å². The van der Waals surface area contributed by atoms with Crippen molar-refractivity contribution in [3.63, 3.8) is 0 Å². The molecule has 8 heteroatoms. The molecule has 1 N–H and O–H groups in total. The number of nitrogens with one attached hydrogen (secondary N) is 1. The van der Waals surface area contributed by atoms with Crippen molar-refractivity contribution in [2.24, 2.45) is 0 Å². The zero-order chi connectivity index (χ0) is 17.4. The Balaban J connectivity index is 1.86. The van der Waals surface area contributed by atoms with E-state index in [1.165, 1.54) is 0 Å². The van der Waals surface area contributed by atoms with Crippen molar-refractivity contribution in [1.29, 1.82) is 0 Å². The number of fused-ring (bicyclic) bond motifs is 3. The van der Waals surface area contributed by atoms with E-state index in [-0.39, 0.29) is 0 Å². The number of halogens is 1. The van der Waals surface area contributed by atoms with Crippen molar-refractivity contribution in [2.75, 3.05) is 19.5 Å². The molecule has 2 heterocycles. The molecule has 0 aliphatic heterocycles. The monoisotopic (exact) mass is 355 g/mol. The van der Waals surface area contributed by atoms with E-state index in [2.05, 4.69) is 20.5 Å². The van der Waals surface area contributed by atoms with Crippen LogP contribution in [-0.4, -0.2) is 33.8 Å². The van der Waals surface area contributed by atoms with Gasteiger partial charge in [0.2, 0.25) is 5.65 Å². The van der Waals surface area contributed by atoms with Gasteiger partial charge in [-0.2, -0.15) is 0 Å². The molecule has 0 unspecified atom stereocenters. The topological polar surface area (TPSA) is 73.6 Å². The van der Waals surface area contributed by atoms with Gasteiger partial charge in [0, 0.05) is 11.1 Å². The van der Waals surface area contributed by atoms with Crippen molar-refractivity contribution in [3.05, 3.63) is 47.7 Å². The molecule has 0 spiro atoms. The second-order valence-corrected chi connectivity index (χ2v) is 5.75. The molecular formula is C17H14ClN5O2. The summed E-state index contributed by atoms with van der Waals surface area (Å²) >= 11 is 6.10. The normalized spacial score (nSPS) is 11.0. The highest BCUT2D eigenvalue weighted by Crippen LogP contribution is 2.32. The number of benzene rings is 2. The summed E-state index contributed by atoms with van der Waals surface area (Å²) in [7, 11) is 3.21. The van der Waals surface area contributed by atoms with E-state index in [0.717, 1.165) is 16.7 Å². The lowest BCUT2D eigenvalue weighted by Crippen LogP contribution is -2.01. The van der Waals surface area contributed by atoms with Crippen LogP contribution >= 0.6 is 11.6 Å². The van der Waals surface area contributed by atoms with Crippen LogP contribution in [0.4, 0.5) is 11.5 Å². The molecule has 0 fully saturated rings. The van der Waals surface area contributed by atoms with Gasteiger partial charge >= 0.3 is 0 Å². The Kier molecular flexibility index (Phi) is 3.77. The van der Waals surface area contributed by atoms with E-state index < -0.39 is 0 Å². The second-order valence-electron chi connectivity index (χ2n) is 5.31. The minimum atomic E-state index is 0.566. The maximum atomic E-state index is 6.10. The SMILES string of the molecule is COc1ccc(Nc2nc3ccc(Cl)cc3n3cnnc23)c(OC)c1. The average Bonchev–Trinajstić information content (AvgIpc) is 3.13. The molecule has 4 aromatic rings. The zero-order valence-corrected chi connectivity index (χ0v) is 14.3. The number of hydrogen-bond donors (Lipinski definition) is 1. The van der Waals surface area contributed by atoms with Gasteiger partial charge in [-0.15, -0.1) is 10.2 Å². The van der Waals surface area contributed by atoms with Gasteiger partial charge < -0.3 is 14.8 Å². The predicted octanol–water partition coefficient (Wildman–Crippen LogP) is 3.69. The minimum absolute atomic E-state index is 0.566. The smallest absolute Gasteiger partial charge is 0.204 e. The Morgan fingerprint density at radius 3 is 2.76 bits per heavy atom. The van der Waals surface area contributed by atoms with Gasteiger partial charge in [0.05, 0.1) is 30.9 Å². The summed E-state index contributed by atoms with van der Waals surface area (Å²) in [5, 5.41) is 12.0. The Bertz CT molecular complexity index is 1080. The number of methoxy groups -OCH3 is 2. The molecule has 0 aliphatic carbocycles. The first-order valence-corrected chi connectivity index (χ1v) is 7.85. The Morgan fingerprint density at radius 2 is 1.96 bits per heavy atom. The molecule has 0 amide bonds. The number of hydrogen-bond acceptors (Lipinski definition) is 6. The molecule has 0 atom stereocenters. The first-order valence-electron chi connectivity index (χ1n) is 7.47. The number of rotatable bonds is 4. The van der Waals surface area contributed by atoms with E-state index in [1.54, 1.807) is 32.7 Å². The highest BCUT2D eigenvalue weighted by atomic mass is 35.5. The fourth-order valence-electron chi connectivity index (χ4n) is 2.64. The molecule has 2 aromatic heterocycles. The summed E-state index contributed by atoms with van der Waals surface area (Å²) in [5.41, 5.74) is 2.94. The highest BCUT2D eigenvalue weighted by molar-refractivity contribution is 6.31. The van der Waals surface area contributed by atoms with Crippen molar-refractivity contribution in [2.45, 2.75) is 0 Å². The lowest BCUT2D eigenvalue weighted by molar-refractivity contribution is 0.395. The largest absolute Gasteiger partial charge is 0.497 e. The Hall–Kier alpha value is -3.06. The van der Waals surface area contributed by atoms with Crippen LogP contribution in [0, 0.1) is 0 Å². The second kappa shape index (κ2) is 6.10. The van der Waals surface area contributed by atoms with Crippen molar-refractivity contribution < 1.29 is 9.47 Å². The summed E-state index contributed by atoms with van der Waals surface area (Å²) in [6, 6.07) is 11.0. The van der Waals surface area contributed by atoms with Crippen LogP contribution in [-0.2, 0) is 0 Å². The maximum absolute atomic E-state index is 6.10.